The Kier molecular flexibility index (Phi) is 2.79. The Balaban J connectivity index is 3.09. The van der Waals surface area contributed by atoms with Gasteiger partial charge in [0.15, 0.2) is 0 Å². The quantitative estimate of drug-likeness (QED) is 0.721. The second-order valence-electron chi connectivity index (χ2n) is 2.49. The summed E-state index contributed by atoms with van der Waals surface area (Å²) in [6.45, 7) is 0. The van der Waals surface area contributed by atoms with Crippen molar-refractivity contribution in [2.75, 3.05) is 19.0 Å². The first-order chi connectivity index (χ1) is 5.11. The van der Waals surface area contributed by atoms with Crippen LogP contribution in [0.25, 0.3) is 0 Å². The van der Waals surface area contributed by atoms with E-state index in [2.05, 4.69) is 15.9 Å². The second kappa shape index (κ2) is 3.46. The SMILES string of the molecule is CN(C)c1ccc(Br)cc1Cl. The van der Waals surface area contributed by atoms with Crippen molar-refractivity contribution in [1.82, 2.24) is 0 Å². The molecule has 0 radical (unpaired) electrons. The van der Waals surface area contributed by atoms with E-state index in [1.807, 2.05) is 37.2 Å². The maximum atomic E-state index is 5.95. The fourth-order valence-corrected chi connectivity index (χ4v) is 1.69. The fourth-order valence-electron chi connectivity index (χ4n) is 0.844. The summed E-state index contributed by atoms with van der Waals surface area (Å²) in [6.07, 6.45) is 0. The van der Waals surface area contributed by atoms with Gasteiger partial charge < -0.3 is 4.90 Å². The lowest BCUT2D eigenvalue weighted by atomic mass is 10.3. The highest BCUT2D eigenvalue weighted by molar-refractivity contribution is 9.10. The molecule has 3 heteroatoms. The molecule has 0 saturated carbocycles. The first-order valence-corrected chi connectivity index (χ1v) is 4.40. The van der Waals surface area contributed by atoms with E-state index in [1.54, 1.807) is 0 Å². The lowest BCUT2D eigenvalue weighted by Crippen LogP contribution is -2.08. The van der Waals surface area contributed by atoms with Crippen LogP contribution >= 0.6 is 27.5 Å². The smallest absolute Gasteiger partial charge is 0.0650 e. The van der Waals surface area contributed by atoms with E-state index in [0.717, 1.165) is 15.2 Å². The van der Waals surface area contributed by atoms with Crippen molar-refractivity contribution in [2.45, 2.75) is 0 Å². The summed E-state index contributed by atoms with van der Waals surface area (Å²) in [5, 5.41) is 0.768. The Morgan fingerprint density at radius 3 is 2.45 bits per heavy atom. The van der Waals surface area contributed by atoms with Gasteiger partial charge in [0, 0.05) is 18.6 Å². The van der Waals surface area contributed by atoms with Gasteiger partial charge in [0.1, 0.15) is 0 Å². The minimum Gasteiger partial charge on any atom is -0.376 e. The number of halogens is 2. The maximum absolute atomic E-state index is 5.95. The van der Waals surface area contributed by atoms with Crippen LogP contribution in [0, 0.1) is 0 Å². The molecular formula is C8H9BrClN. The van der Waals surface area contributed by atoms with Crippen molar-refractivity contribution in [1.29, 1.82) is 0 Å². The average molecular weight is 235 g/mol. The predicted octanol–water partition coefficient (Wildman–Crippen LogP) is 3.17. The van der Waals surface area contributed by atoms with Crippen LogP contribution in [0.4, 0.5) is 5.69 Å². The zero-order chi connectivity index (χ0) is 8.43. The van der Waals surface area contributed by atoms with E-state index in [0.29, 0.717) is 0 Å². The van der Waals surface area contributed by atoms with Crippen molar-refractivity contribution in [3.63, 3.8) is 0 Å². The summed E-state index contributed by atoms with van der Waals surface area (Å²) in [6, 6.07) is 5.84. The van der Waals surface area contributed by atoms with Crippen molar-refractivity contribution >= 4 is 33.2 Å². The monoisotopic (exact) mass is 233 g/mol. The Bertz CT molecular complexity index is 260. The molecule has 1 aromatic rings. The molecule has 0 bridgehead atoms. The summed E-state index contributed by atoms with van der Waals surface area (Å²) in [5.74, 6) is 0. The molecule has 1 rings (SSSR count). The topological polar surface area (TPSA) is 3.24 Å². The molecule has 0 spiro atoms. The van der Waals surface area contributed by atoms with Gasteiger partial charge in [-0.15, -0.1) is 0 Å². The molecule has 0 amide bonds. The van der Waals surface area contributed by atoms with E-state index in [1.165, 1.54) is 0 Å². The van der Waals surface area contributed by atoms with E-state index >= 15 is 0 Å². The lowest BCUT2D eigenvalue weighted by Gasteiger charge is -2.13. The predicted molar refractivity (Wildman–Crippen MR) is 53.5 cm³/mol. The zero-order valence-corrected chi connectivity index (χ0v) is 8.78. The number of benzene rings is 1. The summed E-state index contributed by atoms with van der Waals surface area (Å²) < 4.78 is 1.01. The minimum atomic E-state index is 0.768. The molecule has 0 unspecified atom stereocenters. The van der Waals surface area contributed by atoms with Gasteiger partial charge in [0.05, 0.1) is 10.7 Å². The number of nitrogens with zero attached hydrogens (tertiary/aromatic N) is 1. The van der Waals surface area contributed by atoms with Crippen molar-refractivity contribution in [3.8, 4) is 0 Å². The van der Waals surface area contributed by atoms with Gasteiger partial charge in [-0.2, -0.15) is 0 Å². The molecule has 0 aliphatic rings. The van der Waals surface area contributed by atoms with Crippen molar-refractivity contribution < 1.29 is 0 Å². The van der Waals surface area contributed by atoms with Gasteiger partial charge >= 0.3 is 0 Å². The number of hydrogen-bond donors (Lipinski definition) is 0. The number of anilines is 1. The first kappa shape index (κ1) is 8.88. The highest BCUT2D eigenvalue weighted by Gasteiger charge is 2.00. The zero-order valence-electron chi connectivity index (χ0n) is 6.44. The third kappa shape index (κ3) is 2.11. The maximum Gasteiger partial charge on any atom is 0.0650 e. The average Bonchev–Trinajstić information content (AvgIpc) is 1.85. The Morgan fingerprint density at radius 1 is 1.36 bits per heavy atom. The molecule has 0 fully saturated rings. The standard InChI is InChI=1S/C8H9BrClN/c1-11(2)8-4-3-6(9)5-7(8)10/h3-5H,1-2H3. The van der Waals surface area contributed by atoms with Crippen molar-refractivity contribution in [3.05, 3.63) is 27.7 Å². The van der Waals surface area contributed by atoms with Crippen molar-refractivity contribution in [2.24, 2.45) is 0 Å². The molecule has 0 heterocycles. The van der Waals surface area contributed by atoms with Crippen LogP contribution in [-0.4, -0.2) is 14.1 Å². The van der Waals surface area contributed by atoms with Crippen LogP contribution in [-0.2, 0) is 0 Å². The van der Waals surface area contributed by atoms with E-state index in [4.69, 9.17) is 11.6 Å². The second-order valence-corrected chi connectivity index (χ2v) is 3.81. The molecule has 0 aliphatic heterocycles. The highest BCUT2D eigenvalue weighted by atomic mass is 79.9. The van der Waals surface area contributed by atoms with Gasteiger partial charge in [-0.05, 0) is 18.2 Å². The number of hydrogen-bond acceptors (Lipinski definition) is 1. The normalized spacial score (nSPS) is 9.82. The Morgan fingerprint density at radius 2 is 2.00 bits per heavy atom. The summed E-state index contributed by atoms with van der Waals surface area (Å²) >= 11 is 9.30. The third-order valence-electron chi connectivity index (χ3n) is 1.39. The Hall–Kier alpha value is -0.210. The largest absolute Gasteiger partial charge is 0.376 e. The fraction of sp³-hybridized carbons (Fsp3) is 0.250. The summed E-state index contributed by atoms with van der Waals surface area (Å²) in [4.78, 5) is 1.98. The van der Waals surface area contributed by atoms with Crippen LogP contribution in [0.1, 0.15) is 0 Å². The highest BCUT2D eigenvalue weighted by Crippen LogP contribution is 2.27. The van der Waals surface area contributed by atoms with Gasteiger partial charge in [-0.3, -0.25) is 0 Å². The number of rotatable bonds is 1. The van der Waals surface area contributed by atoms with E-state index in [-0.39, 0.29) is 0 Å². The van der Waals surface area contributed by atoms with Gasteiger partial charge in [-0.25, -0.2) is 0 Å². The first-order valence-electron chi connectivity index (χ1n) is 3.23. The molecule has 0 atom stereocenters. The van der Waals surface area contributed by atoms with Crippen LogP contribution < -0.4 is 4.90 Å². The molecule has 0 N–H and O–H groups in total. The molecular weight excluding hydrogens is 225 g/mol. The van der Waals surface area contributed by atoms with Gasteiger partial charge in [0.2, 0.25) is 0 Å². The molecule has 60 valence electrons. The molecule has 1 aromatic carbocycles. The minimum absolute atomic E-state index is 0.768. The van der Waals surface area contributed by atoms with Crippen LogP contribution in [0.5, 0.6) is 0 Å². The lowest BCUT2D eigenvalue weighted by molar-refractivity contribution is 1.13. The molecule has 0 aliphatic carbocycles. The molecule has 11 heavy (non-hydrogen) atoms. The Labute approximate surface area is 80.1 Å². The summed E-state index contributed by atoms with van der Waals surface area (Å²) in [7, 11) is 3.93. The van der Waals surface area contributed by atoms with Crippen LogP contribution in [0.2, 0.25) is 5.02 Å². The van der Waals surface area contributed by atoms with Gasteiger partial charge in [0.25, 0.3) is 0 Å². The molecule has 0 saturated heterocycles. The van der Waals surface area contributed by atoms with Gasteiger partial charge in [-0.1, -0.05) is 27.5 Å². The van der Waals surface area contributed by atoms with Crippen LogP contribution in [0.3, 0.4) is 0 Å². The molecule has 0 aromatic heterocycles. The third-order valence-corrected chi connectivity index (χ3v) is 2.19. The van der Waals surface area contributed by atoms with Crippen LogP contribution in [0.15, 0.2) is 22.7 Å². The molecule has 1 nitrogen and oxygen atoms in total. The summed E-state index contributed by atoms with van der Waals surface area (Å²) in [5.41, 5.74) is 1.04. The van der Waals surface area contributed by atoms with E-state index in [9.17, 15) is 0 Å². The van der Waals surface area contributed by atoms with E-state index < -0.39 is 0 Å².